The van der Waals surface area contributed by atoms with Crippen LogP contribution in [0.15, 0.2) is 23.1 Å². The van der Waals surface area contributed by atoms with Gasteiger partial charge < -0.3 is 5.73 Å². The Balaban J connectivity index is 2.92. The van der Waals surface area contributed by atoms with E-state index in [1.54, 1.807) is 11.8 Å². The van der Waals surface area contributed by atoms with Gasteiger partial charge >= 0.3 is 0 Å². The Hall–Kier alpha value is -0.480. The maximum atomic E-state index is 11.2. The van der Waals surface area contributed by atoms with Gasteiger partial charge in [-0.25, -0.2) is 0 Å². The average molecular weight is 274 g/mol. The van der Waals surface area contributed by atoms with Gasteiger partial charge in [0.1, 0.15) is 5.78 Å². The van der Waals surface area contributed by atoms with Crippen LogP contribution in [0.25, 0.3) is 0 Å². The highest BCUT2D eigenvalue weighted by Gasteiger charge is 2.07. The smallest absolute Gasteiger partial charge is 0.147 e. The van der Waals surface area contributed by atoms with Crippen molar-refractivity contribution >= 4 is 39.2 Å². The molecule has 0 aliphatic heterocycles. The Morgan fingerprint density at radius 3 is 2.86 bits per heavy atom. The molecular weight excluding hydrogens is 262 g/mol. The first-order valence-corrected chi connectivity index (χ1v) is 6.52. The Morgan fingerprint density at radius 1 is 1.57 bits per heavy atom. The van der Waals surface area contributed by atoms with Gasteiger partial charge in [-0.2, -0.15) is 0 Å². The van der Waals surface area contributed by atoms with Crippen LogP contribution in [0, 0.1) is 0 Å². The predicted octanol–water partition coefficient (Wildman–Crippen LogP) is 2.50. The zero-order valence-corrected chi connectivity index (χ0v) is 10.3. The van der Waals surface area contributed by atoms with E-state index in [-0.39, 0.29) is 5.78 Å². The highest BCUT2D eigenvalue weighted by atomic mass is 79.9. The molecule has 0 radical (unpaired) electrons. The number of thioether (sulfide) groups is 1. The van der Waals surface area contributed by atoms with E-state index in [1.807, 2.05) is 24.5 Å². The summed E-state index contributed by atoms with van der Waals surface area (Å²) in [7, 11) is 0. The number of rotatable bonds is 4. The van der Waals surface area contributed by atoms with Crippen molar-refractivity contribution < 1.29 is 4.79 Å². The number of halogens is 1. The zero-order valence-electron chi connectivity index (χ0n) is 7.92. The molecular formula is C10H12BrNOS. The highest BCUT2D eigenvalue weighted by molar-refractivity contribution is 9.09. The lowest BCUT2D eigenvalue weighted by Crippen LogP contribution is -2.06. The van der Waals surface area contributed by atoms with Gasteiger partial charge in [-0.1, -0.05) is 28.1 Å². The predicted molar refractivity (Wildman–Crippen MR) is 65.1 cm³/mol. The number of benzene rings is 1. The maximum Gasteiger partial charge on any atom is 0.147 e. The van der Waals surface area contributed by atoms with Crippen LogP contribution in [0.5, 0.6) is 0 Å². The third-order valence-corrected chi connectivity index (χ3v) is 3.33. The Labute approximate surface area is 96.4 Å². The van der Waals surface area contributed by atoms with Crippen LogP contribution in [-0.2, 0) is 11.2 Å². The molecule has 0 unspecified atom stereocenters. The maximum absolute atomic E-state index is 11.2. The molecule has 1 aromatic rings. The second-order valence-corrected chi connectivity index (χ2v) is 4.29. The van der Waals surface area contributed by atoms with Crippen molar-refractivity contribution in [3.8, 4) is 0 Å². The van der Waals surface area contributed by atoms with Crippen molar-refractivity contribution in [2.45, 2.75) is 11.3 Å². The summed E-state index contributed by atoms with van der Waals surface area (Å²) in [6, 6.07) is 5.79. The van der Waals surface area contributed by atoms with Crippen molar-refractivity contribution in [2.24, 2.45) is 0 Å². The van der Waals surface area contributed by atoms with Crippen LogP contribution in [0.2, 0.25) is 0 Å². The number of nitrogen functional groups attached to an aromatic ring is 1. The molecule has 4 heteroatoms. The fourth-order valence-electron chi connectivity index (χ4n) is 1.18. The van der Waals surface area contributed by atoms with E-state index in [9.17, 15) is 4.79 Å². The van der Waals surface area contributed by atoms with E-state index in [1.165, 1.54) is 0 Å². The van der Waals surface area contributed by atoms with Gasteiger partial charge in [0.2, 0.25) is 0 Å². The van der Waals surface area contributed by atoms with Crippen molar-refractivity contribution in [2.75, 3.05) is 17.3 Å². The van der Waals surface area contributed by atoms with E-state index in [2.05, 4.69) is 15.9 Å². The summed E-state index contributed by atoms with van der Waals surface area (Å²) >= 11 is 4.73. The van der Waals surface area contributed by atoms with E-state index >= 15 is 0 Å². The van der Waals surface area contributed by atoms with E-state index in [0.29, 0.717) is 11.8 Å². The molecule has 2 nitrogen and oxygen atoms in total. The van der Waals surface area contributed by atoms with Crippen LogP contribution >= 0.6 is 27.7 Å². The summed E-state index contributed by atoms with van der Waals surface area (Å²) in [5.74, 6) is 0.148. The third kappa shape index (κ3) is 2.75. The molecule has 0 saturated carbocycles. The van der Waals surface area contributed by atoms with Crippen LogP contribution < -0.4 is 5.73 Å². The molecule has 0 aliphatic rings. The molecule has 0 bridgehead atoms. The molecule has 0 fully saturated rings. The van der Waals surface area contributed by atoms with Gasteiger partial charge in [-0.15, -0.1) is 11.8 Å². The van der Waals surface area contributed by atoms with Crippen molar-refractivity contribution in [1.82, 2.24) is 0 Å². The molecule has 1 rings (SSSR count). The Morgan fingerprint density at radius 2 is 2.29 bits per heavy atom. The average Bonchev–Trinajstić information content (AvgIpc) is 2.21. The first-order chi connectivity index (χ1) is 6.69. The van der Waals surface area contributed by atoms with Gasteiger partial charge in [-0.3, -0.25) is 4.79 Å². The summed E-state index contributed by atoms with van der Waals surface area (Å²) in [4.78, 5) is 12.3. The number of alkyl halides is 1. The number of hydrogen-bond acceptors (Lipinski definition) is 3. The summed E-state index contributed by atoms with van der Waals surface area (Å²) < 4.78 is 0. The lowest BCUT2D eigenvalue weighted by molar-refractivity contribution is -0.115. The topological polar surface area (TPSA) is 43.1 Å². The molecule has 76 valence electrons. The minimum absolute atomic E-state index is 0.148. The standard InChI is InChI=1S/C10H12BrNOS/c1-14-9-4-2-3-7(10(9)12)5-8(13)6-11/h2-4H,5-6,12H2,1H3. The van der Waals surface area contributed by atoms with Gasteiger partial charge in [0, 0.05) is 17.0 Å². The molecule has 0 saturated heterocycles. The minimum Gasteiger partial charge on any atom is -0.398 e. The summed E-state index contributed by atoms with van der Waals surface area (Å²) in [5, 5.41) is 0.385. The molecule has 0 aromatic heterocycles. The molecule has 0 aliphatic carbocycles. The Bertz CT molecular complexity index is 341. The van der Waals surface area contributed by atoms with Gasteiger partial charge in [0.05, 0.1) is 5.33 Å². The van der Waals surface area contributed by atoms with Crippen molar-refractivity contribution in [3.05, 3.63) is 23.8 Å². The fraction of sp³-hybridized carbons (Fsp3) is 0.300. The van der Waals surface area contributed by atoms with Crippen LogP contribution in [-0.4, -0.2) is 17.4 Å². The number of carbonyl (C=O) groups is 1. The van der Waals surface area contributed by atoms with Gasteiger partial charge in [-0.05, 0) is 17.9 Å². The number of nitrogens with two attached hydrogens (primary N) is 1. The third-order valence-electron chi connectivity index (χ3n) is 1.91. The van der Waals surface area contributed by atoms with E-state index in [0.717, 1.165) is 16.1 Å². The summed E-state index contributed by atoms with van der Waals surface area (Å²) in [6.07, 6.45) is 2.38. The van der Waals surface area contributed by atoms with Gasteiger partial charge in [0.15, 0.2) is 0 Å². The first-order valence-electron chi connectivity index (χ1n) is 4.18. The molecule has 0 atom stereocenters. The van der Waals surface area contributed by atoms with Crippen LogP contribution in [0.4, 0.5) is 5.69 Å². The number of Topliss-reactive ketones (excluding diaryl/α,β-unsaturated/α-hetero) is 1. The van der Waals surface area contributed by atoms with E-state index in [4.69, 9.17) is 5.73 Å². The SMILES string of the molecule is CSc1cccc(CC(=O)CBr)c1N. The quantitative estimate of drug-likeness (QED) is 0.521. The second kappa shape index (κ2) is 5.41. The molecule has 0 spiro atoms. The van der Waals surface area contributed by atoms with E-state index < -0.39 is 0 Å². The van der Waals surface area contributed by atoms with Crippen molar-refractivity contribution in [1.29, 1.82) is 0 Å². The monoisotopic (exact) mass is 273 g/mol. The highest BCUT2D eigenvalue weighted by Crippen LogP contribution is 2.26. The van der Waals surface area contributed by atoms with Crippen LogP contribution in [0.3, 0.4) is 0 Å². The molecule has 0 heterocycles. The van der Waals surface area contributed by atoms with Crippen LogP contribution in [0.1, 0.15) is 5.56 Å². The number of hydrogen-bond donors (Lipinski definition) is 1. The van der Waals surface area contributed by atoms with Gasteiger partial charge in [0.25, 0.3) is 0 Å². The minimum atomic E-state index is 0.148. The Kier molecular flexibility index (Phi) is 4.48. The number of anilines is 1. The lowest BCUT2D eigenvalue weighted by Gasteiger charge is -2.07. The lowest BCUT2D eigenvalue weighted by atomic mass is 10.1. The number of ketones is 1. The second-order valence-electron chi connectivity index (χ2n) is 2.88. The summed E-state index contributed by atoms with van der Waals surface area (Å²) in [5.41, 5.74) is 7.56. The zero-order chi connectivity index (χ0) is 10.6. The normalized spacial score (nSPS) is 10.1. The molecule has 0 amide bonds. The summed E-state index contributed by atoms with van der Waals surface area (Å²) in [6.45, 7) is 0. The number of carbonyl (C=O) groups excluding carboxylic acids is 1. The molecule has 2 N–H and O–H groups in total. The largest absolute Gasteiger partial charge is 0.398 e. The van der Waals surface area contributed by atoms with Crippen molar-refractivity contribution in [3.63, 3.8) is 0 Å². The first kappa shape index (κ1) is 11.6. The molecule has 14 heavy (non-hydrogen) atoms. The molecule has 1 aromatic carbocycles. The fourth-order valence-corrected chi connectivity index (χ4v) is 1.95. The number of para-hydroxylation sites is 1.